The molecule has 1 aliphatic carbocycles. The average molecular weight is 303 g/mol. The van der Waals surface area contributed by atoms with Crippen molar-refractivity contribution in [1.82, 2.24) is 10.3 Å². The number of nitrogens with one attached hydrogen (secondary N) is 1. The van der Waals surface area contributed by atoms with Crippen LogP contribution < -0.4 is 11.1 Å². The van der Waals surface area contributed by atoms with Crippen molar-refractivity contribution < 1.29 is 4.79 Å². The van der Waals surface area contributed by atoms with Crippen molar-refractivity contribution in [3.8, 4) is 11.8 Å². The molecule has 2 unspecified atom stereocenters. The molecule has 1 aliphatic rings. The number of hydrogen-bond acceptors (Lipinski definition) is 4. The van der Waals surface area contributed by atoms with E-state index in [1.165, 1.54) is 6.42 Å². The van der Waals surface area contributed by atoms with Crippen molar-refractivity contribution >= 4 is 17.7 Å². The minimum Gasteiger partial charge on any atom is -0.348 e. The monoisotopic (exact) mass is 303 g/mol. The van der Waals surface area contributed by atoms with Crippen molar-refractivity contribution in [3.05, 3.63) is 29.6 Å². The van der Waals surface area contributed by atoms with Crippen LogP contribution in [-0.2, 0) is 0 Å². The first kappa shape index (κ1) is 15.9. The van der Waals surface area contributed by atoms with Crippen LogP contribution in [0.5, 0.6) is 0 Å². The van der Waals surface area contributed by atoms with Crippen molar-refractivity contribution in [3.63, 3.8) is 0 Å². The molecule has 1 aromatic rings. The van der Waals surface area contributed by atoms with Gasteiger partial charge in [0.05, 0.1) is 6.54 Å². The fourth-order valence-corrected chi connectivity index (χ4v) is 3.62. The molecule has 0 bridgehead atoms. The molecule has 2 atom stereocenters. The third kappa shape index (κ3) is 4.76. The highest BCUT2D eigenvalue weighted by Crippen LogP contribution is 2.29. The zero-order valence-corrected chi connectivity index (χ0v) is 13.1. The Morgan fingerprint density at radius 3 is 3.05 bits per heavy atom. The van der Waals surface area contributed by atoms with Crippen LogP contribution in [0.25, 0.3) is 0 Å². The average Bonchev–Trinajstić information content (AvgIpc) is 2.93. The van der Waals surface area contributed by atoms with Crippen molar-refractivity contribution in [2.75, 3.05) is 12.3 Å². The molecule has 0 aliphatic heterocycles. The second kappa shape index (κ2) is 8.06. The van der Waals surface area contributed by atoms with E-state index in [2.05, 4.69) is 29.1 Å². The van der Waals surface area contributed by atoms with E-state index < -0.39 is 0 Å². The number of carbonyl (C=O) groups is 1. The summed E-state index contributed by atoms with van der Waals surface area (Å²) in [5.41, 5.74) is 6.54. The summed E-state index contributed by atoms with van der Waals surface area (Å²) in [5, 5.41) is 3.76. The van der Waals surface area contributed by atoms with Gasteiger partial charge in [-0.25, -0.2) is 4.98 Å². The van der Waals surface area contributed by atoms with Gasteiger partial charge in [-0.05, 0) is 37.1 Å². The largest absolute Gasteiger partial charge is 0.348 e. The Hall–Kier alpha value is -1.51. The van der Waals surface area contributed by atoms with E-state index in [0.717, 1.165) is 24.2 Å². The van der Waals surface area contributed by atoms with Gasteiger partial charge < -0.3 is 11.1 Å². The molecule has 1 saturated carbocycles. The predicted molar refractivity (Wildman–Crippen MR) is 87.2 cm³/mol. The number of pyridine rings is 1. The number of nitrogens with two attached hydrogens (primary N) is 1. The van der Waals surface area contributed by atoms with Crippen LogP contribution in [0.2, 0.25) is 0 Å². The van der Waals surface area contributed by atoms with E-state index >= 15 is 0 Å². The Morgan fingerprint density at radius 1 is 1.52 bits per heavy atom. The fourth-order valence-electron chi connectivity index (χ4n) is 2.47. The van der Waals surface area contributed by atoms with Gasteiger partial charge in [-0.3, -0.25) is 4.79 Å². The van der Waals surface area contributed by atoms with Crippen LogP contribution in [0.15, 0.2) is 18.3 Å². The zero-order chi connectivity index (χ0) is 15.1. The maximum atomic E-state index is 12.2. The van der Waals surface area contributed by atoms with E-state index in [0.29, 0.717) is 17.5 Å². The van der Waals surface area contributed by atoms with Gasteiger partial charge in [0.25, 0.3) is 5.91 Å². The Kier molecular flexibility index (Phi) is 6.09. The van der Waals surface area contributed by atoms with E-state index in [-0.39, 0.29) is 11.9 Å². The second-order valence-electron chi connectivity index (χ2n) is 5.00. The number of thioether (sulfide) groups is 1. The van der Waals surface area contributed by atoms with E-state index in [1.54, 1.807) is 18.3 Å². The molecule has 112 valence electrons. The van der Waals surface area contributed by atoms with Gasteiger partial charge in [-0.2, -0.15) is 11.8 Å². The van der Waals surface area contributed by atoms with E-state index in [1.807, 2.05) is 11.8 Å². The third-order valence-corrected chi connectivity index (χ3v) is 4.69. The molecule has 4 nitrogen and oxygen atoms in total. The maximum Gasteiger partial charge on any atom is 0.270 e. The molecule has 3 N–H and O–H groups in total. The molecular formula is C16H21N3OS. The predicted octanol–water partition coefficient (Wildman–Crippen LogP) is 1.80. The molecule has 1 amide bonds. The lowest BCUT2D eigenvalue weighted by molar-refractivity contribution is 0.0933. The summed E-state index contributed by atoms with van der Waals surface area (Å²) in [6.45, 7) is 2.50. The standard InChI is InChI=1S/C16H21N3OS/c1-2-21-14-7-6-13(10-14)19-16(20)15-8-5-12(11-18-15)4-3-9-17/h5,8,11,13-14H,2,6-7,9-10,17H2,1H3,(H,19,20). The fraction of sp³-hybridized carbons (Fsp3) is 0.500. The van der Waals surface area contributed by atoms with E-state index in [4.69, 9.17) is 5.73 Å². The van der Waals surface area contributed by atoms with Crippen molar-refractivity contribution in [2.24, 2.45) is 5.73 Å². The van der Waals surface area contributed by atoms with E-state index in [9.17, 15) is 4.79 Å². The molecule has 5 heteroatoms. The molecule has 21 heavy (non-hydrogen) atoms. The number of carbonyl (C=O) groups excluding carboxylic acids is 1. The smallest absolute Gasteiger partial charge is 0.270 e. The van der Waals surface area contributed by atoms with Gasteiger partial charge in [-0.15, -0.1) is 0 Å². The van der Waals surface area contributed by atoms with Crippen LogP contribution >= 0.6 is 11.8 Å². The highest BCUT2D eigenvalue weighted by Gasteiger charge is 2.26. The number of aromatic nitrogens is 1. The molecule has 2 rings (SSSR count). The second-order valence-corrected chi connectivity index (χ2v) is 6.58. The Labute approximate surface area is 130 Å². The molecule has 0 spiro atoms. The molecule has 1 aromatic heterocycles. The van der Waals surface area contributed by atoms with Gasteiger partial charge in [0.1, 0.15) is 5.69 Å². The molecule has 0 radical (unpaired) electrons. The summed E-state index contributed by atoms with van der Waals surface area (Å²) < 4.78 is 0. The summed E-state index contributed by atoms with van der Waals surface area (Å²) in [5.74, 6) is 6.70. The number of hydrogen-bond donors (Lipinski definition) is 2. The number of nitrogens with zero attached hydrogens (tertiary/aromatic N) is 1. The van der Waals surface area contributed by atoms with Gasteiger partial charge in [0.15, 0.2) is 0 Å². The number of rotatable bonds is 4. The first-order valence-electron chi connectivity index (χ1n) is 7.30. The van der Waals surface area contributed by atoms with Crippen molar-refractivity contribution in [2.45, 2.75) is 37.5 Å². The van der Waals surface area contributed by atoms with Crippen LogP contribution in [0.4, 0.5) is 0 Å². The summed E-state index contributed by atoms with van der Waals surface area (Å²) in [6.07, 6.45) is 4.92. The van der Waals surface area contributed by atoms with Crippen molar-refractivity contribution in [1.29, 1.82) is 0 Å². The first-order valence-corrected chi connectivity index (χ1v) is 8.35. The van der Waals surface area contributed by atoms with Gasteiger partial charge in [0, 0.05) is 23.1 Å². The quantitative estimate of drug-likeness (QED) is 0.832. The van der Waals surface area contributed by atoms with Gasteiger partial charge in [0.2, 0.25) is 0 Å². The normalized spacial score (nSPS) is 20.7. The Morgan fingerprint density at radius 2 is 2.38 bits per heavy atom. The lowest BCUT2D eigenvalue weighted by atomic mass is 10.2. The van der Waals surface area contributed by atoms with Crippen LogP contribution in [0, 0.1) is 11.8 Å². The molecule has 0 saturated heterocycles. The van der Waals surface area contributed by atoms with Gasteiger partial charge >= 0.3 is 0 Å². The van der Waals surface area contributed by atoms with Gasteiger partial charge in [-0.1, -0.05) is 18.8 Å². The molecular weight excluding hydrogens is 282 g/mol. The molecule has 1 fully saturated rings. The van der Waals surface area contributed by atoms with Crippen LogP contribution in [-0.4, -0.2) is 34.5 Å². The highest BCUT2D eigenvalue weighted by atomic mass is 32.2. The Balaban J connectivity index is 1.89. The zero-order valence-electron chi connectivity index (χ0n) is 12.3. The number of amides is 1. The maximum absolute atomic E-state index is 12.2. The SMILES string of the molecule is CCSC1CCC(NC(=O)c2ccc(C#CCN)cn2)C1. The minimum absolute atomic E-state index is 0.0968. The highest BCUT2D eigenvalue weighted by molar-refractivity contribution is 7.99. The summed E-state index contributed by atoms with van der Waals surface area (Å²) in [4.78, 5) is 16.3. The summed E-state index contributed by atoms with van der Waals surface area (Å²) >= 11 is 1.98. The lowest BCUT2D eigenvalue weighted by Gasteiger charge is -2.12. The third-order valence-electron chi connectivity index (χ3n) is 3.45. The minimum atomic E-state index is -0.0968. The topological polar surface area (TPSA) is 68.0 Å². The molecule has 1 heterocycles. The van der Waals surface area contributed by atoms with Crippen LogP contribution in [0.3, 0.4) is 0 Å². The Bertz CT molecular complexity index is 533. The first-order chi connectivity index (χ1) is 10.2. The summed E-state index contributed by atoms with van der Waals surface area (Å²) in [6, 6.07) is 3.79. The van der Waals surface area contributed by atoms with Crippen LogP contribution in [0.1, 0.15) is 42.2 Å². The molecule has 0 aromatic carbocycles. The summed E-state index contributed by atoms with van der Waals surface area (Å²) in [7, 11) is 0. The lowest BCUT2D eigenvalue weighted by Crippen LogP contribution is -2.33.